The molecule has 1 aliphatic heterocycles. The van der Waals surface area contributed by atoms with Gasteiger partial charge in [-0.05, 0) is 71.0 Å². The average molecular weight is 561 g/mol. The fraction of sp³-hybridized carbons (Fsp3) is 1.00. The summed E-state index contributed by atoms with van der Waals surface area (Å²) >= 11 is 0. The van der Waals surface area contributed by atoms with Gasteiger partial charge in [0.1, 0.15) is 0 Å². The largest absolute Gasteiger partial charge is 0.396 e. The number of unbranched alkanes of at least 4 members (excludes halogenated alkanes) is 14. The topological polar surface area (TPSA) is 46.9 Å². The van der Waals surface area contributed by atoms with Crippen molar-refractivity contribution in [2.24, 2.45) is 5.92 Å². The van der Waals surface area contributed by atoms with Crippen LogP contribution in [0, 0.1) is 5.92 Å². The zero-order valence-electron chi connectivity index (χ0n) is 26.0. The van der Waals surface area contributed by atoms with Gasteiger partial charge < -0.3 is 15.1 Å². The van der Waals surface area contributed by atoms with E-state index in [-0.39, 0.29) is 32.2 Å². The normalized spacial score (nSPS) is 15.7. The number of rotatable bonds is 27. The molecule has 2 N–H and O–H groups in total. The van der Waals surface area contributed by atoms with Crippen molar-refractivity contribution in [3.05, 3.63) is 0 Å². The Morgan fingerprint density at radius 3 is 1.69 bits per heavy atom. The van der Waals surface area contributed by atoms with Gasteiger partial charge >= 0.3 is 0 Å². The van der Waals surface area contributed by atoms with Crippen molar-refractivity contribution >= 4 is 0 Å². The number of hydrogen-bond acceptors (Lipinski definition) is 4. The van der Waals surface area contributed by atoms with Crippen molar-refractivity contribution < 1.29 is 19.0 Å². The van der Waals surface area contributed by atoms with Crippen LogP contribution in [0.5, 0.6) is 0 Å². The van der Waals surface area contributed by atoms with E-state index in [2.05, 4.69) is 23.8 Å². The molecule has 0 aliphatic carbocycles. The van der Waals surface area contributed by atoms with Crippen LogP contribution in [0.2, 0.25) is 0 Å². The van der Waals surface area contributed by atoms with E-state index in [1.54, 1.807) is 0 Å². The molecule has 0 bridgehead atoms. The van der Waals surface area contributed by atoms with E-state index in [0.29, 0.717) is 12.3 Å². The Hall–Kier alpha value is -0.300. The van der Waals surface area contributed by atoms with Crippen molar-refractivity contribution in [2.45, 2.75) is 160 Å². The Bertz CT molecular complexity index is 512. The third-order valence-electron chi connectivity index (χ3n) is 8.82. The maximum Gasteiger partial charge on any atom is 0.260 e. The fourth-order valence-electron chi connectivity index (χ4n) is 6.19. The van der Waals surface area contributed by atoms with Crippen LogP contribution in [0.15, 0.2) is 0 Å². The second-order valence-corrected chi connectivity index (χ2v) is 12.6. The first kappa shape index (κ1) is 36.7. The molecular formula is C33H66F2N2O2. The molecule has 0 aromatic carbocycles. The van der Waals surface area contributed by atoms with Crippen molar-refractivity contribution in [1.29, 1.82) is 0 Å². The van der Waals surface area contributed by atoms with Crippen molar-refractivity contribution in [1.82, 2.24) is 9.80 Å². The molecule has 0 aromatic heterocycles. The minimum atomic E-state index is -2.61. The lowest BCUT2D eigenvalue weighted by molar-refractivity contribution is -0.0578. The van der Waals surface area contributed by atoms with Crippen molar-refractivity contribution in [3.8, 4) is 0 Å². The molecule has 4 nitrogen and oxygen atoms in total. The number of hydrogen-bond donors (Lipinski definition) is 2. The molecule has 0 amide bonds. The first-order chi connectivity index (χ1) is 18.9. The van der Waals surface area contributed by atoms with E-state index in [0.717, 1.165) is 122 Å². The summed E-state index contributed by atoms with van der Waals surface area (Å²) in [5.74, 6) is -2.08. The maximum absolute atomic E-state index is 15.4. The molecule has 0 unspecified atom stereocenters. The van der Waals surface area contributed by atoms with Gasteiger partial charge in [0.25, 0.3) is 5.92 Å². The molecular weight excluding hydrogens is 494 g/mol. The van der Waals surface area contributed by atoms with E-state index in [1.807, 2.05) is 0 Å². The third kappa shape index (κ3) is 20.3. The van der Waals surface area contributed by atoms with Gasteiger partial charge in [-0.25, -0.2) is 8.78 Å². The summed E-state index contributed by atoms with van der Waals surface area (Å²) < 4.78 is 30.8. The Kier molecular flexibility index (Phi) is 22.9. The molecule has 1 saturated heterocycles. The molecule has 1 heterocycles. The summed E-state index contributed by atoms with van der Waals surface area (Å²) in [4.78, 5) is 4.62. The van der Waals surface area contributed by atoms with E-state index >= 15 is 8.78 Å². The van der Waals surface area contributed by atoms with Crippen LogP contribution in [0.1, 0.15) is 148 Å². The van der Waals surface area contributed by atoms with Gasteiger partial charge in [-0.3, -0.25) is 4.90 Å². The predicted octanol–water partition coefficient (Wildman–Crippen LogP) is 8.44. The van der Waals surface area contributed by atoms with Gasteiger partial charge in [-0.1, -0.05) is 96.8 Å². The van der Waals surface area contributed by atoms with Crippen LogP contribution in [-0.4, -0.2) is 78.4 Å². The van der Waals surface area contributed by atoms with E-state index in [1.165, 1.54) is 25.7 Å². The highest BCUT2D eigenvalue weighted by Crippen LogP contribution is 2.29. The van der Waals surface area contributed by atoms with Crippen LogP contribution in [0.25, 0.3) is 0 Å². The number of aliphatic hydroxyl groups excluding tert-OH is 2. The number of likely N-dealkylation sites (tertiary alicyclic amines) is 1. The van der Waals surface area contributed by atoms with Gasteiger partial charge in [0.15, 0.2) is 0 Å². The summed E-state index contributed by atoms with van der Waals surface area (Å²) in [6, 6.07) is 0.255. The minimum Gasteiger partial charge on any atom is -0.396 e. The van der Waals surface area contributed by atoms with Gasteiger partial charge in [0.2, 0.25) is 0 Å². The molecule has 1 rings (SSSR count). The highest BCUT2D eigenvalue weighted by atomic mass is 19.3. The quantitative estimate of drug-likeness (QED) is 0.0990. The van der Waals surface area contributed by atoms with Gasteiger partial charge in [-0.15, -0.1) is 0 Å². The Morgan fingerprint density at radius 2 is 1.18 bits per heavy atom. The lowest BCUT2D eigenvalue weighted by Gasteiger charge is -2.39. The second kappa shape index (κ2) is 24.3. The number of nitrogens with zero attached hydrogens (tertiary/aromatic N) is 2. The molecule has 39 heavy (non-hydrogen) atoms. The van der Waals surface area contributed by atoms with Crippen LogP contribution < -0.4 is 0 Å². The minimum absolute atomic E-state index is 0.0308. The first-order valence-corrected chi connectivity index (χ1v) is 16.9. The summed E-state index contributed by atoms with van der Waals surface area (Å²) in [5, 5.41) is 18.0. The molecule has 1 fully saturated rings. The van der Waals surface area contributed by atoms with Crippen LogP contribution in [-0.2, 0) is 0 Å². The summed E-state index contributed by atoms with van der Waals surface area (Å²) in [6.07, 6.45) is 22.5. The smallest absolute Gasteiger partial charge is 0.260 e. The zero-order valence-corrected chi connectivity index (χ0v) is 26.0. The van der Waals surface area contributed by atoms with Gasteiger partial charge in [-0.2, -0.15) is 0 Å². The third-order valence-corrected chi connectivity index (χ3v) is 8.82. The zero-order chi connectivity index (χ0) is 28.6. The fourth-order valence-corrected chi connectivity index (χ4v) is 6.19. The first-order valence-electron chi connectivity index (χ1n) is 16.9. The van der Waals surface area contributed by atoms with E-state index in [9.17, 15) is 0 Å². The molecule has 0 spiro atoms. The monoisotopic (exact) mass is 561 g/mol. The lowest BCUT2D eigenvalue weighted by atomic mass is 9.93. The summed E-state index contributed by atoms with van der Waals surface area (Å²) in [5.41, 5.74) is 0. The molecule has 0 saturated carbocycles. The SMILES string of the molecule is CCCCCCCC(F)(F)CN(CC1CCN(C)CC1)C(CCCCCCCCO)CCCCCCCCO. The lowest BCUT2D eigenvalue weighted by Crippen LogP contribution is -2.47. The Morgan fingerprint density at radius 1 is 0.718 bits per heavy atom. The van der Waals surface area contributed by atoms with Crippen LogP contribution in [0.4, 0.5) is 8.78 Å². The molecule has 0 atom stereocenters. The van der Waals surface area contributed by atoms with Crippen LogP contribution >= 0.6 is 0 Å². The van der Waals surface area contributed by atoms with E-state index in [4.69, 9.17) is 10.2 Å². The Labute approximate surface area is 241 Å². The van der Waals surface area contributed by atoms with E-state index < -0.39 is 5.92 Å². The standard InChI is InChI=1S/C33H66F2N2O2/c1-3-4-5-12-17-24-33(34,35)30-37(29-31-22-25-36(2)26-23-31)32(20-15-10-6-8-13-18-27-38)21-16-11-7-9-14-19-28-39/h31-32,38-39H,3-30H2,1-2H3. The molecule has 1 aliphatic rings. The summed E-state index contributed by atoms with van der Waals surface area (Å²) in [6.45, 7) is 5.65. The highest BCUT2D eigenvalue weighted by Gasteiger charge is 2.35. The van der Waals surface area contributed by atoms with Crippen LogP contribution in [0.3, 0.4) is 0 Å². The van der Waals surface area contributed by atoms with Crippen molar-refractivity contribution in [2.75, 3.05) is 46.4 Å². The molecule has 6 heteroatoms. The highest BCUT2D eigenvalue weighted by molar-refractivity contribution is 4.83. The maximum atomic E-state index is 15.4. The molecule has 0 radical (unpaired) electrons. The van der Waals surface area contributed by atoms with Gasteiger partial charge in [0.05, 0.1) is 6.54 Å². The number of aliphatic hydroxyl groups is 2. The molecule has 0 aromatic rings. The van der Waals surface area contributed by atoms with Crippen molar-refractivity contribution in [3.63, 3.8) is 0 Å². The Balaban J connectivity index is 2.77. The average Bonchev–Trinajstić information content (AvgIpc) is 2.91. The summed E-state index contributed by atoms with van der Waals surface area (Å²) in [7, 11) is 2.17. The number of piperidine rings is 1. The number of halogens is 2. The van der Waals surface area contributed by atoms with Gasteiger partial charge in [0, 0.05) is 32.2 Å². The second-order valence-electron chi connectivity index (χ2n) is 12.6. The molecule has 234 valence electrons. The predicted molar refractivity (Wildman–Crippen MR) is 163 cm³/mol. The number of alkyl halides is 2.